The van der Waals surface area contributed by atoms with Gasteiger partial charge in [0.25, 0.3) is 0 Å². The standard InChI is InChI=1S/C19H21F2NO3S/c1-12-4-6-15(13(2)8-12)22-18(23)11-26-10-14-5-7-16(25-19(20)21)17(9-14)24-3/h4-9,19H,10-11H2,1-3H3,(H,22,23). The summed E-state index contributed by atoms with van der Waals surface area (Å²) in [6, 6.07) is 10.6. The van der Waals surface area contributed by atoms with Crippen molar-refractivity contribution in [3.63, 3.8) is 0 Å². The highest BCUT2D eigenvalue weighted by Gasteiger charge is 2.11. The van der Waals surface area contributed by atoms with Gasteiger partial charge in [0, 0.05) is 11.4 Å². The maximum atomic E-state index is 12.3. The Hall–Kier alpha value is -2.28. The highest BCUT2D eigenvalue weighted by Crippen LogP contribution is 2.30. The summed E-state index contributed by atoms with van der Waals surface area (Å²) in [6.45, 7) is 1.05. The molecule has 0 fully saturated rings. The summed E-state index contributed by atoms with van der Waals surface area (Å²) in [5.41, 5.74) is 3.81. The maximum Gasteiger partial charge on any atom is 0.387 e. The van der Waals surface area contributed by atoms with E-state index in [1.54, 1.807) is 12.1 Å². The number of hydrogen-bond donors (Lipinski definition) is 1. The van der Waals surface area contributed by atoms with Gasteiger partial charge >= 0.3 is 6.61 Å². The summed E-state index contributed by atoms with van der Waals surface area (Å²) in [5, 5.41) is 2.89. The van der Waals surface area contributed by atoms with Crippen molar-refractivity contribution in [2.24, 2.45) is 0 Å². The minimum Gasteiger partial charge on any atom is -0.493 e. The average Bonchev–Trinajstić information content (AvgIpc) is 2.58. The summed E-state index contributed by atoms with van der Waals surface area (Å²) >= 11 is 1.43. The molecule has 0 saturated carbocycles. The normalized spacial score (nSPS) is 10.7. The van der Waals surface area contributed by atoms with E-state index in [9.17, 15) is 13.6 Å². The molecule has 2 rings (SSSR count). The molecule has 2 aromatic carbocycles. The lowest BCUT2D eigenvalue weighted by Gasteiger charge is -2.11. The van der Waals surface area contributed by atoms with Gasteiger partial charge in [0.15, 0.2) is 11.5 Å². The van der Waals surface area contributed by atoms with E-state index in [2.05, 4.69) is 10.1 Å². The number of rotatable bonds is 8. The zero-order valence-electron chi connectivity index (χ0n) is 14.8. The molecule has 26 heavy (non-hydrogen) atoms. The molecule has 4 nitrogen and oxygen atoms in total. The van der Waals surface area contributed by atoms with Crippen molar-refractivity contribution in [1.29, 1.82) is 0 Å². The zero-order chi connectivity index (χ0) is 19.1. The smallest absolute Gasteiger partial charge is 0.387 e. The Morgan fingerprint density at radius 2 is 1.92 bits per heavy atom. The van der Waals surface area contributed by atoms with Crippen LogP contribution in [0.25, 0.3) is 0 Å². The molecule has 1 N–H and O–H groups in total. The molecule has 0 aliphatic carbocycles. The first-order valence-corrected chi connectivity index (χ1v) is 9.11. The zero-order valence-corrected chi connectivity index (χ0v) is 15.7. The number of halogens is 2. The number of methoxy groups -OCH3 is 1. The van der Waals surface area contributed by atoms with Gasteiger partial charge in [-0.15, -0.1) is 11.8 Å². The topological polar surface area (TPSA) is 47.6 Å². The third-order valence-electron chi connectivity index (χ3n) is 3.60. The molecule has 0 saturated heterocycles. The Labute approximate surface area is 155 Å². The lowest BCUT2D eigenvalue weighted by Crippen LogP contribution is -2.15. The fraction of sp³-hybridized carbons (Fsp3) is 0.316. The fourth-order valence-electron chi connectivity index (χ4n) is 2.40. The van der Waals surface area contributed by atoms with Crippen LogP contribution >= 0.6 is 11.8 Å². The van der Waals surface area contributed by atoms with Gasteiger partial charge in [0.2, 0.25) is 5.91 Å². The summed E-state index contributed by atoms with van der Waals surface area (Å²) in [4.78, 5) is 12.1. The van der Waals surface area contributed by atoms with Crippen molar-refractivity contribution in [3.8, 4) is 11.5 Å². The monoisotopic (exact) mass is 381 g/mol. The van der Waals surface area contributed by atoms with Gasteiger partial charge < -0.3 is 14.8 Å². The molecule has 1 amide bonds. The largest absolute Gasteiger partial charge is 0.493 e. The van der Waals surface area contributed by atoms with Crippen molar-refractivity contribution < 1.29 is 23.0 Å². The van der Waals surface area contributed by atoms with E-state index in [0.717, 1.165) is 22.4 Å². The van der Waals surface area contributed by atoms with Crippen LogP contribution in [0, 0.1) is 13.8 Å². The minimum atomic E-state index is -2.90. The first kappa shape index (κ1) is 20.0. The van der Waals surface area contributed by atoms with Crippen LogP contribution in [0.3, 0.4) is 0 Å². The van der Waals surface area contributed by atoms with Crippen LogP contribution in [-0.2, 0) is 10.5 Å². The lowest BCUT2D eigenvalue weighted by atomic mass is 10.1. The molecule has 0 bridgehead atoms. The molecule has 7 heteroatoms. The third kappa shape index (κ3) is 5.91. The summed E-state index contributed by atoms with van der Waals surface area (Å²) in [7, 11) is 1.39. The Balaban J connectivity index is 1.87. The predicted octanol–water partition coefficient (Wildman–Crippen LogP) is 4.79. The number of ether oxygens (including phenoxy) is 2. The summed E-state index contributed by atoms with van der Waals surface area (Å²) < 4.78 is 34.1. The van der Waals surface area contributed by atoms with Crippen LogP contribution in [0.4, 0.5) is 14.5 Å². The highest BCUT2D eigenvalue weighted by molar-refractivity contribution is 7.99. The second-order valence-electron chi connectivity index (χ2n) is 5.72. The van der Waals surface area contributed by atoms with Crippen LogP contribution in [0.5, 0.6) is 11.5 Å². The summed E-state index contributed by atoms with van der Waals surface area (Å²) in [5.74, 6) is 0.967. The molecule has 0 unspecified atom stereocenters. The number of amides is 1. The van der Waals surface area contributed by atoms with Gasteiger partial charge in [-0.05, 0) is 43.2 Å². The van der Waals surface area contributed by atoms with E-state index >= 15 is 0 Å². The Kier molecular flexibility index (Phi) is 7.26. The molecule has 0 aromatic heterocycles. The molecular formula is C19H21F2NO3S. The van der Waals surface area contributed by atoms with Crippen molar-refractivity contribution in [2.75, 3.05) is 18.2 Å². The number of nitrogens with one attached hydrogen (secondary N) is 1. The van der Waals surface area contributed by atoms with Gasteiger partial charge in [0.1, 0.15) is 0 Å². The van der Waals surface area contributed by atoms with Crippen molar-refractivity contribution >= 4 is 23.4 Å². The first-order chi connectivity index (χ1) is 12.4. The Morgan fingerprint density at radius 3 is 2.58 bits per heavy atom. The molecule has 0 radical (unpaired) electrons. The number of aryl methyl sites for hydroxylation is 2. The second-order valence-corrected chi connectivity index (χ2v) is 6.71. The minimum absolute atomic E-state index is 0.0103. The Morgan fingerprint density at radius 1 is 1.15 bits per heavy atom. The van der Waals surface area contributed by atoms with Crippen molar-refractivity contribution in [1.82, 2.24) is 0 Å². The predicted molar refractivity (Wildman–Crippen MR) is 100 cm³/mol. The SMILES string of the molecule is COc1cc(CSCC(=O)Nc2ccc(C)cc2C)ccc1OC(F)F. The molecular weight excluding hydrogens is 360 g/mol. The number of alkyl halides is 2. The van der Waals surface area contributed by atoms with Gasteiger partial charge in [-0.25, -0.2) is 0 Å². The van der Waals surface area contributed by atoms with Crippen molar-refractivity contribution in [3.05, 3.63) is 53.1 Å². The third-order valence-corrected chi connectivity index (χ3v) is 4.61. The molecule has 0 aliphatic rings. The van der Waals surface area contributed by atoms with E-state index in [1.165, 1.54) is 24.9 Å². The summed E-state index contributed by atoms with van der Waals surface area (Å²) in [6.07, 6.45) is 0. The van der Waals surface area contributed by atoms with Crippen molar-refractivity contribution in [2.45, 2.75) is 26.2 Å². The molecule has 0 atom stereocenters. The fourth-order valence-corrected chi connectivity index (χ4v) is 3.17. The number of carbonyl (C=O) groups is 1. The Bertz CT molecular complexity index is 768. The molecule has 0 heterocycles. The first-order valence-electron chi connectivity index (χ1n) is 7.95. The number of hydrogen-bond acceptors (Lipinski definition) is 4. The van der Waals surface area contributed by atoms with E-state index in [-0.39, 0.29) is 23.2 Å². The van der Waals surface area contributed by atoms with Gasteiger partial charge in [-0.2, -0.15) is 8.78 Å². The van der Waals surface area contributed by atoms with E-state index < -0.39 is 6.61 Å². The molecule has 0 spiro atoms. The number of benzene rings is 2. The van der Waals surface area contributed by atoms with E-state index in [0.29, 0.717) is 5.75 Å². The molecule has 140 valence electrons. The average molecular weight is 381 g/mol. The van der Waals surface area contributed by atoms with Crippen LogP contribution in [0.15, 0.2) is 36.4 Å². The maximum absolute atomic E-state index is 12.3. The lowest BCUT2D eigenvalue weighted by molar-refractivity contribution is -0.113. The van der Waals surface area contributed by atoms with Crippen LogP contribution in [-0.4, -0.2) is 25.4 Å². The van der Waals surface area contributed by atoms with Gasteiger partial charge in [-0.3, -0.25) is 4.79 Å². The molecule has 2 aromatic rings. The van der Waals surface area contributed by atoms with E-state index in [1.807, 2.05) is 32.0 Å². The number of carbonyl (C=O) groups excluding carboxylic acids is 1. The van der Waals surface area contributed by atoms with Crippen LogP contribution in [0.2, 0.25) is 0 Å². The van der Waals surface area contributed by atoms with Gasteiger partial charge in [0.05, 0.1) is 12.9 Å². The number of anilines is 1. The van der Waals surface area contributed by atoms with Gasteiger partial charge in [-0.1, -0.05) is 23.8 Å². The quantitative estimate of drug-likeness (QED) is 0.715. The van der Waals surface area contributed by atoms with Crippen LogP contribution in [0.1, 0.15) is 16.7 Å². The van der Waals surface area contributed by atoms with E-state index in [4.69, 9.17) is 4.74 Å². The number of thioether (sulfide) groups is 1. The molecule has 0 aliphatic heterocycles. The highest BCUT2D eigenvalue weighted by atomic mass is 32.2. The van der Waals surface area contributed by atoms with Crippen LogP contribution < -0.4 is 14.8 Å². The second kappa shape index (κ2) is 9.43.